The number of rotatable bonds is 15. The number of amides is 3. The summed E-state index contributed by atoms with van der Waals surface area (Å²) in [5, 5.41) is 18.9. The van der Waals surface area contributed by atoms with Gasteiger partial charge in [0, 0.05) is 38.9 Å². The van der Waals surface area contributed by atoms with Crippen molar-refractivity contribution in [2.45, 2.75) is 123 Å². The molecule has 0 aliphatic heterocycles. The van der Waals surface area contributed by atoms with Crippen LogP contribution in [-0.4, -0.2) is 49.1 Å². The van der Waals surface area contributed by atoms with Gasteiger partial charge in [-0.3, -0.25) is 14.4 Å². The number of fused-ring (bicyclic) bond motifs is 1. The van der Waals surface area contributed by atoms with Crippen molar-refractivity contribution < 1.29 is 19.5 Å². The Morgan fingerprint density at radius 1 is 0.952 bits per heavy atom. The van der Waals surface area contributed by atoms with E-state index in [2.05, 4.69) is 48.5 Å². The quantitative estimate of drug-likeness (QED) is 0.180. The van der Waals surface area contributed by atoms with Gasteiger partial charge in [0.25, 0.3) is 0 Å². The van der Waals surface area contributed by atoms with E-state index in [1.165, 1.54) is 24.0 Å². The Balaban J connectivity index is 1.35. The fourth-order valence-electron chi connectivity index (χ4n) is 7.67. The van der Waals surface area contributed by atoms with Crippen LogP contribution in [0.4, 0.5) is 0 Å². The maximum atomic E-state index is 13.2. The molecule has 3 aliphatic rings. The molecule has 3 aliphatic carbocycles. The van der Waals surface area contributed by atoms with E-state index >= 15 is 0 Å². The third kappa shape index (κ3) is 9.82. The number of aliphatic hydroxyl groups is 1. The summed E-state index contributed by atoms with van der Waals surface area (Å²) in [4.78, 5) is 36.4. The zero-order valence-electron chi connectivity index (χ0n) is 26.6. The van der Waals surface area contributed by atoms with Gasteiger partial charge in [-0.05, 0) is 99.9 Å². The molecule has 42 heavy (non-hydrogen) atoms. The number of nitrogens with one attached hydrogen (secondary N) is 3. The largest absolute Gasteiger partial charge is 0.393 e. The summed E-state index contributed by atoms with van der Waals surface area (Å²) < 4.78 is 0. The molecule has 7 heteroatoms. The van der Waals surface area contributed by atoms with Crippen LogP contribution in [0.3, 0.4) is 0 Å². The van der Waals surface area contributed by atoms with Crippen LogP contribution in [0.2, 0.25) is 0 Å². The van der Waals surface area contributed by atoms with Gasteiger partial charge in [0.05, 0.1) is 6.10 Å². The lowest BCUT2D eigenvalue weighted by molar-refractivity contribution is -0.128. The molecule has 0 aromatic rings. The molecule has 0 bridgehead atoms. The lowest BCUT2D eigenvalue weighted by atomic mass is 9.61. The number of unbranched alkanes of at least 4 members (excludes halogenated alkanes) is 4. The van der Waals surface area contributed by atoms with Crippen molar-refractivity contribution in [3.05, 3.63) is 35.5 Å². The third-order valence-corrected chi connectivity index (χ3v) is 10.3. The summed E-state index contributed by atoms with van der Waals surface area (Å²) in [6.07, 6.45) is 18.8. The molecule has 0 radical (unpaired) electrons. The first-order valence-electron chi connectivity index (χ1n) is 16.7. The van der Waals surface area contributed by atoms with Gasteiger partial charge < -0.3 is 21.1 Å². The van der Waals surface area contributed by atoms with Crippen molar-refractivity contribution >= 4 is 17.7 Å². The van der Waals surface area contributed by atoms with E-state index < -0.39 is 0 Å². The van der Waals surface area contributed by atoms with Gasteiger partial charge in [-0.15, -0.1) is 0 Å². The van der Waals surface area contributed by atoms with E-state index in [-0.39, 0.29) is 35.2 Å². The molecule has 3 unspecified atom stereocenters. The highest BCUT2D eigenvalue weighted by molar-refractivity contribution is 5.78. The minimum atomic E-state index is -0.250. The first-order valence-corrected chi connectivity index (χ1v) is 16.7. The Bertz CT molecular complexity index is 1000. The van der Waals surface area contributed by atoms with Crippen LogP contribution >= 0.6 is 0 Å². The lowest BCUT2D eigenvalue weighted by Crippen LogP contribution is -2.41. The van der Waals surface area contributed by atoms with E-state index in [0.29, 0.717) is 44.2 Å². The first kappa shape index (κ1) is 34.1. The van der Waals surface area contributed by atoms with Crippen molar-refractivity contribution in [2.75, 3.05) is 20.1 Å². The average Bonchev–Trinajstić information content (AvgIpc) is 3.33. The lowest BCUT2D eigenvalue weighted by Gasteiger charge is -2.44. The van der Waals surface area contributed by atoms with Crippen molar-refractivity contribution in [3.8, 4) is 0 Å². The van der Waals surface area contributed by atoms with Crippen LogP contribution in [0.25, 0.3) is 0 Å². The normalized spacial score (nSPS) is 28.4. The molecule has 3 saturated carbocycles. The van der Waals surface area contributed by atoms with Crippen LogP contribution in [0, 0.1) is 23.2 Å². The van der Waals surface area contributed by atoms with E-state index in [1.807, 2.05) is 0 Å². The van der Waals surface area contributed by atoms with Crippen LogP contribution < -0.4 is 16.0 Å². The zero-order chi connectivity index (χ0) is 30.5. The van der Waals surface area contributed by atoms with Gasteiger partial charge in [-0.25, -0.2) is 0 Å². The van der Waals surface area contributed by atoms with Gasteiger partial charge >= 0.3 is 0 Å². The number of carbonyl (C=O) groups excluding carboxylic acids is 3. The van der Waals surface area contributed by atoms with Crippen LogP contribution in [0.5, 0.6) is 0 Å². The Morgan fingerprint density at radius 2 is 1.64 bits per heavy atom. The Morgan fingerprint density at radius 3 is 2.36 bits per heavy atom. The SMILES string of the molecule is C=C1CC[C@H](O)C/C1=C/C=C1\CCC[C@@]2(C)C1CCC2C(C)C(=O)NCCCCNC(=O)CCCCCCC(=O)NC. The molecule has 0 heterocycles. The second-order valence-electron chi connectivity index (χ2n) is 13.3. The topological polar surface area (TPSA) is 108 Å². The van der Waals surface area contributed by atoms with Crippen LogP contribution in [0.1, 0.15) is 117 Å². The van der Waals surface area contributed by atoms with Crippen molar-refractivity contribution in [1.82, 2.24) is 16.0 Å². The van der Waals surface area contributed by atoms with Gasteiger partial charge in [-0.2, -0.15) is 0 Å². The molecule has 236 valence electrons. The predicted molar refractivity (Wildman–Crippen MR) is 170 cm³/mol. The van der Waals surface area contributed by atoms with Crippen LogP contribution in [0.15, 0.2) is 35.5 Å². The highest BCUT2D eigenvalue weighted by atomic mass is 16.3. The summed E-state index contributed by atoms with van der Waals surface area (Å²) >= 11 is 0. The molecule has 0 spiro atoms. The molecular formula is C35H57N3O4. The maximum absolute atomic E-state index is 13.2. The number of aliphatic hydroxyl groups excluding tert-OH is 1. The summed E-state index contributed by atoms with van der Waals surface area (Å²) in [7, 11) is 1.65. The minimum absolute atomic E-state index is 0.0120. The molecule has 5 atom stereocenters. The molecular weight excluding hydrogens is 526 g/mol. The van der Waals surface area contributed by atoms with Crippen molar-refractivity contribution in [3.63, 3.8) is 0 Å². The average molecular weight is 584 g/mol. The molecule has 4 N–H and O–H groups in total. The maximum Gasteiger partial charge on any atom is 0.223 e. The van der Waals surface area contributed by atoms with Gasteiger partial charge in [0.2, 0.25) is 17.7 Å². The fraction of sp³-hybridized carbons (Fsp3) is 0.743. The Hall–Kier alpha value is -2.41. The Kier molecular flexibility index (Phi) is 13.8. The standard InChI is InChI=1S/C35H57N3O4/c1-25-15-18-29(39)24-28(25)17-16-27-12-11-21-35(3)30(19-20-31(27)35)26(2)34(42)38-23-10-9-22-37-33(41)14-8-6-5-7-13-32(40)36-4/h16-17,26,29-31,39H,1,5-15,18-24H2,2-4H3,(H,36,40)(H,37,41)(H,38,42)/b27-16+,28-17-/t26?,29-,30?,31?,35+/m0/s1. The van der Waals surface area contributed by atoms with Gasteiger partial charge in [0.1, 0.15) is 0 Å². The molecule has 3 amide bonds. The van der Waals surface area contributed by atoms with E-state index in [9.17, 15) is 19.5 Å². The smallest absolute Gasteiger partial charge is 0.223 e. The van der Waals surface area contributed by atoms with Crippen molar-refractivity contribution in [2.24, 2.45) is 23.2 Å². The second-order valence-corrected chi connectivity index (χ2v) is 13.3. The van der Waals surface area contributed by atoms with Gasteiger partial charge in [-0.1, -0.05) is 56.6 Å². The van der Waals surface area contributed by atoms with E-state index in [0.717, 1.165) is 76.2 Å². The van der Waals surface area contributed by atoms with E-state index in [1.54, 1.807) is 7.05 Å². The Labute approximate surface area is 254 Å². The summed E-state index contributed by atoms with van der Waals surface area (Å²) in [6, 6.07) is 0. The molecule has 0 saturated heterocycles. The van der Waals surface area contributed by atoms with Gasteiger partial charge in [0.15, 0.2) is 0 Å². The fourth-order valence-corrected chi connectivity index (χ4v) is 7.67. The number of allylic oxidation sites excluding steroid dienone is 4. The van der Waals surface area contributed by atoms with E-state index in [4.69, 9.17) is 0 Å². The first-order chi connectivity index (χ1) is 20.2. The molecule has 3 fully saturated rings. The van der Waals surface area contributed by atoms with Crippen molar-refractivity contribution in [1.29, 1.82) is 0 Å². The number of hydrogen-bond acceptors (Lipinski definition) is 4. The predicted octanol–water partition coefficient (Wildman–Crippen LogP) is 5.89. The summed E-state index contributed by atoms with van der Waals surface area (Å²) in [5.41, 5.74) is 4.02. The second kappa shape index (κ2) is 17.0. The number of carbonyl (C=O) groups is 3. The minimum Gasteiger partial charge on any atom is -0.393 e. The highest BCUT2D eigenvalue weighted by Crippen LogP contribution is 2.59. The number of hydrogen-bond donors (Lipinski definition) is 4. The zero-order valence-corrected chi connectivity index (χ0v) is 26.6. The molecule has 7 nitrogen and oxygen atoms in total. The highest BCUT2D eigenvalue weighted by Gasteiger charge is 2.51. The monoisotopic (exact) mass is 583 g/mol. The van der Waals surface area contributed by atoms with Crippen LogP contribution in [-0.2, 0) is 14.4 Å². The molecule has 0 aromatic heterocycles. The third-order valence-electron chi connectivity index (χ3n) is 10.3. The summed E-state index contributed by atoms with van der Waals surface area (Å²) in [5.74, 6) is 1.21. The summed E-state index contributed by atoms with van der Waals surface area (Å²) in [6.45, 7) is 10.0. The molecule has 0 aromatic carbocycles. The molecule has 3 rings (SSSR count).